The second kappa shape index (κ2) is 13.1. The second-order valence-corrected chi connectivity index (χ2v) is 7.36. The molecule has 0 saturated carbocycles. The normalized spacial score (nSPS) is 13.5. The van der Waals surface area contributed by atoms with Gasteiger partial charge >= 0.3 is 0 Å². The van der Waals surface area contributed by atoms with Crippen LogP contribution in [0.15, 0.2) is 18.2 Å². The van der Waals surface area contributed by atoms with Crippen molar-refractivity contribution in [3.63, 3.8) is 0 Å². The van der Waals surface area contributed by atoms with E-state index in [0.717, 1.165) is 24.7 Å². The van der Waals surface area contributed by atoms with Gasteiger partial charge in [-0.3, -0.25) is 0 Å². The number of unbranched alkanes of at least 4 members (excludes halogenated alkanes) is 2. The third-order valence-electron chi connectivity index (χ3n) is 5.20. The number of benzene rings is 1. The smallest absolute Gasteiger partial charge is 0.164 e. The Kier molecular flexibility index (Phi) is 11.4. The Morgan fingerprint density at radius 2 is 1.36 bits per heavy atom. The minimum absolute atomic E-state index is 0.639. The predicted octanol–water partition coefficient (Wildman–Crippen LogP) is 7.19. The van der Waals surface area contributed by atoms with Gasteiger partial charge in [-0.25, -0.2) is 0 Å². The lowest BCUT2D eigenvalue weighted by Gasteiger charge is -2.21. The maximum absolute atomic E-state index is 6.24. The average Bonchev–Trinajstić information content (AvgIpc) is 2.63. The molecular weight excluding hydrogens is 308 g/mol. The number of para-hydroxylation sites is 1. The van der Waals surface area contributed by atoms with Crippen molar-refractivity contribution in [2.24, 2.45) is 11.8 Å². The molecule has 2 nitrogen and oxygen atoms in total. The molecule has 0 fully saturated rings. The van der Waals surface area contributed by atoms with E-state index in [0.29, 0.717) is 11.8 Å². The maximum Gasteiger partial charge on any atom is 0.164 e. The SMILES string of the molecule is CCCCC(CC)COc1cccc(C)c1OCC(CC)CCCC. The average molecular weight is 349 g/mol. The van der Waals surface area contributed by atoms with Crippen molar-refractivity contribution in [1.82, 2.24) is 0 Å². The van der Waals surface area contributed by atoms with Gasteiger partial charge in [-0.15, -0.1) is 0 Å². The van der Waals surface area contributed by atoms with Crippen molar-refractivity contribution < 1.29 is 9.47 Å². The molecule has 0 amide bonds. The fourth-order valence-electron chi connectivity index (χ4n) is 3.13. The maximum atomic E-state index is 6.24. The summed E-state index contributed by atoms with van der Waals surface area (Å²) >= 11 is 0. The Hall–Kier alpha value is -1.18. The van der Waals surface area contributed by atoms with Crippen molar-refractivity contribution in [3.05, 3.63) is 23.8 Å². The van der Waals surface area contributed by atoms with Crippen LogP contribution in [0, 0.1) is 18.8 Å². The van der Waals surface area contributed by atoms with E-state index in [1.807, 2.05) is 0 Å². The molecule has 144 valence electrons. The first-order valence-electron chi connectivity index (χ1n) is 10.5. The summed E-state index contributed by atoms with van der Waals surface area (Å²) in [5.41, 5.74) is 1.17. The molecule has 0 aliphatic heterocycles. The quantitative estimate of drug-likeness (QED) is 0.354. The van der Waals surface area contributed by atoms with E-state index >= 15 is 0 Å². The number of hydrogen-bond donors (Lipinski definition) is 0. The zero-order valence-corrected chi connectivity index (χ0v) is 17.3. The Bertz CT molecular complexity index is 455. The third-order valence-corrected chi connectivity index (χ3v) is 5.20. The van der Waals surface area contributed by atoms with E-state index in [9.17, 15) is 0 Å². The predicted molar refractivity (Wildman–Crippen MR) is 109 cm³/mol. The van der Waals surface area contributed by atoms with Crippen molar-refractivity contribution in [3.8, 4) is 11.5 Å². The fraction of sp³-hybridized carbons (Fsp3) is 0.739. The zero-order valence-electron chi connectivity index (χ0n) is 17.3. The van der Waals surface area contributed by atoms with Crippen LogP contribution in [0.1, 0.15) is 84.6 Å². The summed E-state index contributed by atoms with van der Waals surface area (Å²) in [6.07, 6.45) is 9.95. The molecule has 2 unspecified atom stereocenters. The highest BCUT2D eigenvalue weighted by molar-refractivity contribution is 5.45. The van der Waals surface area contributed by atoms with Gasteiger partial charge in [0, 0.05) is 0 Å². The van der Waals surface area contributed by atoms with Crippen molar-refractivity contribution >= 4 is 0 Å². The van der Waals surface area contributed by atoms with E-state index in [-0.39, 0.29) is 0 Å². The molecule has 1 rings (SSSR count). The molecule has 0 saturated heterocycles. The monoisotopic (exact) mass is 348 g/mol. The largest absolute Gasteiger partial charge is 0.489 e. The summed E-state index contributed by atoms with van der Waals surface area (Å²) in [6.45, 7) is 12.7. The summed E-state index contributed by atoms with van der Waals surface area (Å²) in [4.78, 5) is 0. The van der Waals surface area contributed by atoms with Crippen molar-refractivity contribution in [1.29, 1.82) is 0 Å². The van der Waals surface area contributed by atoms with Gasteiger partial charge < -0.3 is 9.47 Å². The Labute approximate surface area is 156 Å². The summed E-state index contributed by atoms with van der Waals surface area (Å²) < 4.78 is 12.4. The first-order chi connectivity index (χ1) is 12.2. The molecule has 25 heavy (non-hydrogen) atoms. The highest BCUT2D eigenvalue weighted by Gasteiger charge is 2.14. The van der Waals surface area contributed by atoms with Crippen LogP contribution in [0.3, 0.4) is 0 Å². The van der Waals surface area contributed by atoms with Crippen molar-refractivity contribution in [2.45, 2.75) is 86.0 Å². The topological polar surface area (TPSA) is 18.5 Å². The lowest BCUT2D eigenvalue weighted by molar-refractivity contribution is 0.198. The lowest BCUT2D eigenvalue weighted by Crippen LogP contribution is -2.14. The highest BCUT2D eigenvalue weighted by Crippen LogP contribution is 2.32. The van der Waals surface area contributed by atoms with E-state index in [4.69, 9.17) is 9.47 Å². The van der Waals surface area contributed by atoms with Crippen LogP contribution in [-0.2, 0) is 0 Å². The van der Waals surface area contributed by atoms with Crippen LogP contribution in [0.4, 0.5) is 0 Å². The molecular formula is C23H40O2. The summed E-state index contributed by atoms with van der Waals surface area (Å²) in [5, 5.41) is 0. The van der Waals surface area contributed by atoms with Crippen LogP contribution in [-0.4, -0.2) is 13.2 Å². The molecule has 1 aromatic carbocycles. The van der Waals surface area contributed by atoms with Crippen LogP contribution >= 0.6 is 0 Å². The minimum atomic E-state index is 0.639. The molecule has 0 aromatic heterocycles. The molecule has 0 spiro atoms. The summed E-state index contributed by atoms with van der Waals surface area (Å²) in [5.74, 6) is 3.14. The third kappa shape index (κ3) is 8.16. The molecule has 0 heterocycles. The molecule has 0 N–H and O–H groups in total. The Balaban J connectivity index is 2.67. The first kappa shape index (κ1) is 21.9. The van der Waals surface area contributed by atoms with Gasteiger partial charge in [0.25, 0.3) is 0 Å². The Morgan fingerprint density at radius 1 is 0.800 bits per heavy atom. The van der Waals surface area contributed by atoms with Gasteiger partial charge in [-0.2, -0.15) is 0 Å². The molecule has 0 bridgehead atoms. The first-order valence-corrected chi connectivity index (χ1v) is 10.5. The number of hydrogen-bond acceptors (Lipinski definition) is 2. The molecule has 0 radical (unpaired) electrons. The molecule has 2 atom stereocenters. The molecule has 2 heteroatoms. The van der Waals surface area contributed by atoms with Crippen LogP contribution in [0.25, 0.3) is 0 Å². The highest BCUT2D eigenvalue weighted by atomic mass is 16.5. The number of ether oxygens (including phenoxy) is 2. The van der Waals surface area contributed by atoms with Gasteiger partial charge in [0.15, 0.2) is 11.5 Å². The number of aryl methyl sites for hydroxylation is 1. The molecule has 0 aliphatic rings. The number of rotatable bonds is 14. The van der Waals surface area contributed by atoms with Crippen LogP contribution in [0.5, 0.6) is 11.5 Å². The lowest BCUT2D eigenvalue weighted by atomic mass is 10.0. The summed E-state index contributed by atoms with van der Waals surface area (Å²) in [6, 6.07) is 6.24. The van der Waals surface area contributed by atoms with Crippen LogP contribution < -0.4 is 9.47 Å². The zero-order chi connectivity index (χ0) is 18.5. The molecule has 0 aliphatic carbocycles. The van der Waals surface area contributed by atoms with E-state index in [1.165, 1.54) is 56.9 Å². The minimum Gasteiger partial charge on any atom is -0.489 e. The van der Waals surface area contributed by atoms with E-state index in [1.54, 1.807) is 0 Å². The fourth-order valence-corrected chi connectivity index (χ4v) is 3.13. The van der Waals surface area contributed by atoms with Gasteiger partial charge in [-0.1, -0.05) is 78.4 Å². The van der Waals surface area contributed by atoms with Gasteiger partial charge in [-0.05, 0) is 43.2 Å². The van der Waals surface area contributed by atoms with Crippen molar-refractivity contribution in [2.75, 3.05) is 13.2 Å². The van der Waals surface area contributed by atoms with Gasteiger partial charge in [0.2, 0.25) is 0 Å². The second-order valence-electron chi connectivity index (χ2n) is 7.36. The standard InChI is InChI=1S/C23H40O2/c1-6-10-14-20(8-3)17-24-22-16-12-13-19(5)23(22)25-18-21(9-4)15-11-7-2/h12-13,16,20-21H,6-11,14-15,17-18H2,1-5H3. The Morgan fingerprint density at radius 3 is 1.88 bits per heavy atom. The van der Waals surface area contributed by atoms with Gasteiger partial charge in [0.05, 0.1) is 13.2 Å². The van der Waals surface area contributed by atoms with E-state index < -0.39 is 0 Å². The molecule has 1 aromatic rings. The van der Waals surface area contributed by atoms with Crippen LogP contribution in [0.2, 0.25) is 0 Å². The summed E-state index contributed by atoms with van der Waals surface area (Å²) in [7, 11) is 0. The van der Waals surface area contributed by atoms with E-state index in [2.05, 4.69) is 52.8 Å². The van der Waals surface area contributed by atoms with Gasteiger partial charge in [0.1, 0.15) is 0 Å².